The second kappa shape index (κ2) is 10.4. The number of benzene rings is 2. The highest BCUT2D eigenvalue weighted by molar-refractivity contribution is 6.30. The molecule has 0 aliphatic rings. The van der Waals surface area contributed by atoms with Crippen LogP contribution < -0.4 is 11.3 Å². The standard InChI is InChI=1S/C23H27ClN4O2/c1-16(21-26-20-9-5-4-8-19(20)22(29)27-21)28(15-7-3-2-6-14-25)23(30)17-10-12-18(24)13-11-17/h4-5,8-13,16H,2-3,6-7,14-15,25H2,1H3,(H,26,27,29)/p+1/t16-/m0/s1. The molecule has 0 aliphatic heterocycles. The number of aromatic amines is 1. The number of unbranched alkanes of at least 4 members (excludes halogenated alkanes) is 3. The SMILES string of the molecule is C[C@@H](c1nc2ccccc2c(=O)[nH]1)N(CCCCCC[NH3+])C(=O)c1ccc(Cl)cc1. The van der Waals surface area contributed by atoms with E-state index in [1.807, 2.05) is 25.1 Å². The second-order valence-corrected chi connectivity index (χ2v) is 7.85. The van der Waals surface area contributed by atoms with E-state index < -0.39 is 0 Å². The summed E-state index contributed by atoms with van der Waals surface area (Å²) in [5.74, 6) is 0.380. The van der Waals surface area contributed by atoms with Crippen molar-refractivity contribution in [2.75, 3.05) is 13.1 Å². The van der Waals surface area contributed by atoms with Crippen LogP contribution in [-0.2, 0) is 0 Å². The number of amides is 1. The quantitative estimate of drug-likeness (QED) is 0.511. The normalized spacial score (nSPS) is 12.1. The first-order chi connectivity index (χ1) is 14.5. The van der Waals surface area contributed by atoms with Gasteiger partial charge in [0, 0.05) is 17.1 Å². The molecule has 0 spiro atoms. The van der Waals surface area contributed by atoms with Gasteiger partial charge in [0.2, 0.25) is 0 Å². The Labute approximate surface area is 181 Å². The Morgan fingerprint density at radius 1 is 1.10 bits per heavy atom. The highest BCUT2D eigenvalue weighted by Gasteiger charge is 2.24. The van der Waals surface area contributed by atoms with Crippen LogP contribution in [0, 0.1) is 0 Å². The van der Waals surface area contributed by atoms with E-state index in [4.69, 9.17) is 11.6 Å². The van der Waals surface area contributed by atoms with E-state index in [0.717, 1.165) is 32.2 Å². The van der Waals surface area contributed by atoms with Gasteiger partial charge in [-0.3, -0.25) is 9.59 Å². The molecule has 0 fully saturated rings. The summed E-state index contributed by atoms with van der Waals surface area (Å²) in [6.45, 7) is 3.40. The maximum absolute atomic E-state index is 13.3. The van der Waals surface area contributed by atoms with Crippen LogP contribution in [0.15, 0.2) is 53.3 Å². The maximum atomic E-state index is 13.3. The number of nitrogens with zero attached hydrogens (tertiary/aromatic N) is 2. The summed E-state index contributed by atoms with van der Waals surface area (Å²) in [7, 11) is 0. The van der Waals surface area contributed by atoms with Crippen molar-refractivity contribution in [2.24, 2.45) is 0 Å². The van der Waals surface area contributed by atoms with Crippen LogP contribution in [-0.4, -0.2) is 33.9 Å². The number of nitrogens with one attached hydrogen (secondary N) is 1. The summed E-state index contributed by atoms with van der Waals surface area (Å²) in [5.41, 5.74) is 4.86. The third kappa shape index (κ3) is 5.26. The summed E-state index contributed by atoms with van der Waals surface area (Å²) in [6.07, 6.45) is 4.07. The van der Waals surface area contributed by atoms with Gasteiger partial charge in [-0.15, -0.1) is 0 Å². The molecule has 0 bridgehead atoms. The Morgan fingerprint density at radius 2 is 1.80 bits per heavy atom. The van der Waals surface area contributed by atoms with Crippen molar-refractivity contribution in [2.45, 2.75) is 38.6 Å². The lowest BCUT2D eigenvalue weighted by Crippen LogP contribution is -2.50. The molecule has 30 heavy (non-hydrogen) atoms. The van der Waals surface area contributed by atoms with Gasteiger partial charge in [0.15, 0.2) is 0 Å². The highest BCUT2D eigenvalue weighted by Crippen LogP contribution is 2.22. The van der Waals surface area contributed by atoms with E-state index in [2.05, 4.69) is 15.7 Å². The Hall–Kier alpha value is -2.70. The van der Waals surface area contributed by atoms with Gasteiger partial charge < -0.3 is 15.6 Å². The third-order valence-electron chi connectivity index (χ3n) is 5.25. The number of fused-ring (bicyclic) bond motifs is 1. The van der Waals surface area contributed by atoms with E-state index in [1.54, 1.807) is 35.2 Å². The molecule has 1 aromatic heterocycles. The molecule has 0 radical (unpaired) electrons. The zero-order valence-electron chi connectivity index (χ0n) is 17.2. The van der Waals surface area contributed by atoms with Crippen molar-refractivity contribution in [1.82, 2.24) is 14.9 Å². The topological polar surface area (TPSA) is 93.7 Å². The van der Waals surface area contributed by atoms with Crippen LogP contribution in [0.1, 0.15) is 54.8 Å². The lowest BCUT2D eigenvalue weighted by molar-refractivity contribution is -0.368. The number of halogens is 1. The molecule has 3 rings (SSSR count). The van der Waals surface area contributed by atoms with Crippen LogP contribution >= 0.6 is 11.6 Å². The molecular formula is C23H28ClN4O2+. The number of hydrogen-bond donors (Lipinski definition) is 2. The zero-order chi connectivity index (χ0) is 21.5. The molecule has 1 atom stereocenters. The maximum Gasteiger partial charge on any atom is 0.258 e. The van der Waals surface area contributed by atoms with Crippen LogP contribution in [0.25, 0.3) is 10.9 Å². The molecule has 7 heteroatoms. The van der Waals surface area contributed by atoms with Crippen LogP contribution in [0.5, 0.6) is 0 Å². The summed E-state index contributed by atoms with van der Waals surface area (Å²) in [6, 6.07) is 13.7. The van der Waals surface area contributed by atoms with Gasteiger partial charge in [-0.05, 0) is 62.6 Å². The molecular weight excluding hydrogens is 400 g/mol. The molecule has 0 saturated carbocycles. The first kappa shape index (κ1) is 22.0. The minimum atomic E-state index is -0.377. The average Bonchev–Trinajstić information content (AvgIpc) is 2.76. The van der Waals surface area contributed by atoms with Gasteiger partial charge in [-0.1, -0.05) is 30.2 Å². The van der Waals surface area contributed by atoms with E-state index >= 15 is 0 Å². The largest absolute Gasteiger partial charge is 0.358 e. The van der Waals surface area contributed by atoms with Gasteiger partial charge >= 0.3 is 0 Å². The Balaban J connectivity index is 1.88. The number of carbonyl (C=O) groups excluding carboxylic acids is 1. The number of quaternary nitrogens is 1. The summed E-state index contributed by atoms with van der Waals surface area (Å²) < 4.78 is 0. The molecule has 158 valence electrons. The second-order valence-electron chi connectivity index (χ2n) is 7.42. The zero-order valence-corrected chi connectivity index (χ0v) is 18.0. The number of hydrogen-bond acceptors (Lipinski definition) is 3. The first-order valence-electron chi connectivity index (χ1n) is 10.4. The van der Waals surface area contributed by atoms with Crippen molar-refractivity contribution in [3.05, 3.63) is 75.3 Å². The Bertz CT molecular complexity index is 1050. The van der Waals surface area contributed by atoms with E-state index in [0.29, 0.717) is 33.9 Å². The number of rotatable bonds is 9. The van der Waals surface area contributed by atoms with Crippen molar-refractivity contribution >= 4 is 28.4 Å². The molecule has 0 aliphatic carbocycles. The molecule has 6 nitrogen and oxygen atoms in total. The average molecular weight is 428 g/mol. The van der Waals surface area contributed by atoms with Gasteiger partial charge in [0.05, 0.1) is 23.5 Å². The molecule has 2 aromatic carbocycles. The van der Waals surface area contributed by atoms with Gasteiger partial charge in [0.25, 0.3) is 11.5 Å². The van der Waals surface area contributed by atoms with Crippen molar-refractivity contribution < 1.29 is 10.5 Å². The van der Waals surface area contributed by atoms with E-state index in [9.17, 15) is 9.59 Å². The predicted octanol–water partition coefficient (Wildman–Crippen LogP) is 3.58. The first-order valence-corrected chi connectivity index (χ1v) is 10.7. The van der Waals surface area contributed by atoms with Crippen molar-refractivity contribution in [3.8, 4) is 0 Å². The minimum Gasteiger partial charge on any atom is -0.358 e. The van der Waals surface area contributed by atoms with Gasteiger partial charge in [-0.25, -0.2) is 4.98 Å². The Kier molecular flexibility index (Phi) is 7.60. The fraction of sp³-hybridized carbons (Fsp3) is 0.348. The molecule has 0 unspecified atom stereocenters. The van der Waals surface area contributed by atoms with Gasteiger partial charge in [-0.2, -0.15) is 0 Å². The molecule has 3 aromatic rings. The summed E-state index contributed by atoms with van der Waals surface area (Å²) in [4.78, 5) is 35.1. The smallest absolute Gasteiger partial charge is 0.258 e. The molecule has 4 N–H and O–H groups in total. The highest BCUT2D eigenvalue weighted by atomic mass is 35.5. The third-order valence-corrected chi connectivity index (χ3v) is 5.50. The monoisotopic (exact) mass is 427 g/mol. The number of H-pyrrole nitrogens is 1. The molecule has 1 amide bonds. The van der Waals surface area contributed by atoms with Crippen LogP contribution in [0.4, 0.5) is 0 Å². The number of para-hydroxylation sites is 1. The summed E-state index contributed by atoms with van der Waals surface area (Å²) >= 11 is 5.98. The fourth-order valence-electron chi connectivity index (χ4n) is 3.49. The fourth-order valence-corrected chi connectivity index (χ4v) is 3.62. The summed E-state index contributed by atoms with van der Waals surface area (Å²) in [5, 5.41) is 1.12. The molecule has 1 heterocycles. The number of carbonyl (C=O) groups is 1. The predicted molar refractivity (Wildman–Crippen MR) is 119 cm³/mol. The van der Waals surface area contributed by atoms with Crippen molar-refractivity contribution in [3.63, 3.8) is 0 Å². The van der Waals surface area contributed by atoms with Gasteiger partial charge in [0.1, 0.15) is 5.82 Å². The van der Waals surface area contributed by atoms with E-state index in [-0.39, 0.29) is 17.5 Å². The Morgan fingerprint density at radius 3 is 2.53 bits per heavy atom. The minimum absolute atomic E-state index is 0.105. The lowest BCUT2D eigenvalue weighted by atomic mass is 10.1. The van der Waals surface area contributed by atoms with Crippen LogP contribution in [0.3, 0.4) is 0 Å². The molecule has 0 saturated heterocycles. The van der Waals surface area contributed by atoms with Crippen molar-refractivity contribution in [1.29, 1.82) is 0 Å². The number of aromatic nitrogens is 2. The lowest BCUT2D eigenvalue weighted by Gasteiger charge is -2.29. The van der Waals surface area contributed by atoms with E-state index in [1.165, 1.54) is 0 Å². The van der Waals surface area contributed by atoms with Crippen LogP contribution in [0.2, 0.25) is 5.02 Å².